The second-order valence-corrected chi connectivity index (χ2v) is 13.7. The van der Waals surface area contributed by atoms with Crippen molar-refractivity contribution in [2.45, 2.75) is 9.79 Å². The normalized spacial score (nSPS) is 17.2. The van der Waals surface area contributed by atoms with E-state index in [1.807, 2.05) is 0 Å². The molecule has 0 unspecified atom stereocenters. The lowest BCUT2D eigenvalue weighted by atomic mass is 10.4. The Kier molecular flexibility index (Phi) is 12.8. The number of benzene rings is 2. The van der Waals surface area contributed by atoms with Gasteiger partial charge in [0.2, 0.25) is 10.0 Å². The van der Waals surface area contributed by atoms with Gasteiger partial charge in [0.15, 0.2) is 0 Å². The number of nitrogens with zero attached hydrogens (tertiary/aromatic N) is 1. The summed E-state index contributed by atoms with van der Waals surface area (Å²) in [5.41, 5.74) is 0. The fraction of sp³-hybridized carbons (Fsp3) is 0.400. The summed E-state index contributed by atoms with van der Waals surface area (Å²) in [4.78, 5) is 0.495. The van der Waals surface area contributed by atoms with E-state index >= 15 is 0 Å². The van der Waals surface area contributed by atoms with Crippen LogP contribution >= 0.6 is 55.9 Å². The summed E-state index contributed by atoms with van der Waals surface area (Å²) in [6.07, 6.45) is 0. The summed E-state index contributed by atoms with van der Waals surface area (Å²) in [6, 6.07) is 13.2. The average molecular weight is 743 g/mol. The lowest BCUT2D eigenvalue weighted by Crippen LogP contribution is -2.40. The van der Waals surface area contributed by atoms with Crippen LogP contribution in [0.2, 0.25) is 0 Å². The summed E-state index contributed by atoms with van der Waals surface area (Å²) < 4.78 is 59.4. The Balaban J connectivity index is 0.000000195. The third-order valence-corrected chi connectivity index (χ3v) is 9.08. The molecule has 184 valence electrons. The molecule has 0 aliphatic carbocycles. The molecule has 8 nitrogen and oxygen atoms in total. The second-order valence-electron chi connectivity index (χ2n) is 6.72. The van der Waals surface area contributed by atoms with Gasteiger partial charge in [-0.1, -0.05) is 0 Å². The lowest BCUT2D eigenvalue weighted by Gasteiger charge is -2.26. The molecule has 0 aromatic heterocycles. The van der Waals surface area contributed by atoms with Crippen LogP contribution in [-0.4, -0.2) is 73.7 Å². The highest BCUT2D eigenvalue weighted by Crippen LogP contribution is 2.18. The van der Waals surface area contributed by atoms with Crippen LogP contribution in [0.15, 0.2) is 58.3 Å². The minimum atomic E-state index is -3.55. The van der Waals surface area contributed by atoms with Gasteiger partial charge in [-0.3, -0.25) is 0 Å². The third-order valence-electron chi connectivity index (χ3n) is 4.36. The standard InChI is InChI=1S/C10H12INO3S.C6H4ClIO2S.C4H9NO/c11-9-1-3-10(4-2-9)16(13,14)12-5-7-15-8-6-12;7-11(9,10)6-3-1-5(8)2-4-6;1-3-6-4-2-5-1/h1-4H,5-8H2;1-4H;5H,1-4H2. The Bertz CT molecular complexity index is 1050. The molecule has 2 aliphatic rings. The fourth-order valence-corrected chi connectivity index (χ4v) is 5.55. The first-order valence-corrected chi connectivity index (χ1v) is 15.8. The van der Waals surface area contributed by atoms with Gasteiger partial charge in [-0.2, -0.15) is 4.31 Å². The summed E-state index contributed by atoms with van der Waals surface area (Å²) in [5, 5.41) is 3.16. The van der Waals surface area contributed by atoms with E-state index in [0.717, 1.165) is 33.4 Å². The zero-order valence-corrected chi connectivity index (χ0v) is 24.3. The van der Waals surface area contributed by atoms with Crippen molar-refractivity contribution >= 4 is 74.9 Å². The monoisotopic (exact) mass is 742 g/mol. The van der Waals surface area contributed by atoms with E-state index in [1.54, 1.807) is 36.4 Å². The fourth-order valence-electron chi connectivity index (χ4n) is 2.66. The molecule has 1 N–H and O–H groups in total. The third kappa shape index (κ3) is 10.6. The number of morpholine rings is 2. The molecule has 33 heavy (non-hydrogen) atoms. The van der Waals surface area contributed by atoms with Gasteiger partial charge >= 0.3 is 0 Å². The van der Waals surface area contributed by atoms with Crippen molar-refractivity contribution in [3.63, 3.8) is 0 Å². The quantitative estimate of drug-likeness (QED) is 0.381. The molecule has 0 bridgehead atoms. The van der Waals surface area contributed by atoms with Gasteiger partial charge in [-0.25, -0.2) is 16.8 Å². The van der Waals surface area contributed by atoms with Crippen molar-refractivity contribution in [2.24, 2.45) is 0 Å². The predicted molar refractivity (Wildman–Crippen MR) is 145 cm³/mol. The predicted octanol–water partition coefficient (Wildman–Crippen LogP) is 3.14. The maximum absolute atomic E-state index is 12.2. The molecule has 2 saturated heterocycles. The number of ether oxygens (including phenoxy) is 2. The lowest BCUT2D eigenvalue weighted by molar-refractivity contribution is 0.0730. The summed E-state index contributed by atoms with van der Waals surface area (Å²) >= 11 is 4.24. The van der Waals surface area contributed by atoms with Gasteiger partial charge in [-0.05, 0) is 93.7 Å². The molecular formula is C20H25ClI2N2O6S2. The van der Waals surface area contributed by atoms with Crippen molar-refractivity contribution in [1.82, 2.24) is 9.62 Å². The molecule has 2 heterocycles. The Labute approximate surface area is 227 Å². The van der Waals surface area contributed by atoms with Gasteiger partial charge in [-0.15, -0.1) is 0 Å². The number of sulfonamides is 1. The molecule has 2 aromatic carbocycles. The Morgan fingerprint density at radius 1 is 0.727 bits per heavy atom. The molecule has 2 aromatic rings. The number of hydrogen-bond acceptors (Lipinski definition) is 7. The molecule has 13 heteroatoms. The van der Waals surface area contributed by atoms with Gasteiger partial charge in [0, 0.05) is 44.0 Å². The zero-order valence-electron chi connectivity index (χ0n) is 17.6. The van der Waals surface area contributed by atoms with E-state index in [4.69, 9.17) is 20.2 Å². The highest BCUT2D eigenvalue weighted by Gasteiger charge is 2.25. The van der Waals surface area contributed by atoms with E-state index in [-0.39, 0.29) is 4.90 Å². The number of hydrogen-bond donors (Lipinski definition) is 1. The first-order valence-electron chi connectivity index (χ1n) is 9.93. The summed E-state index contributed by atoms with van der Waals surface area (Å²) in [6.45, 7) is 5.66. The van der Waals surface area contributed by atoms with E-state index < -0.39 is 19.1 Å². The van der Waals surface area contributed by atoms with Crippen LogP contribution in [0.5, 0.6) is 0 Å². The summed E-state index contributed by atoms with van der Waals surface area (Å²) in [7, 11) is -1.80. The Morgan fingerprint density at radius 2 is 1.15 bits per heavy atom. The highest BCUT2D eigenvalue weighted by atomic mass is 127. The smallest absolute Gasteiger partial charge is 0.261 e. The molecule has 2 fully saturated rings. The largest absolute Gasteiger partial charge is 0.379 e. The number of rotatable bonds is 3. The maximum Gasteiger partial charge on any atom is 0.261 e. The Hall–Kier alpha value is -0.0700. The van der Waals surface area contributed by atoms with Crippen LogP contribution in [0.25, 0.3) is 0 Å². The van der Waals surface area contributed by atoms with Crippen molar-refractivity contribution in [2.75, 3.05) is 52.6 Å². The van der Waals surface area contributed by atoms with E-state index in [0.29, 0.717) is 31.2 Å². The molecule has 4 rings (SSSR count). The maximum atomic E-state index is 12.2. The van der Waals surface area contributed by atoms with Gasteiger partial charge in [0.1, 0.15) is 0 Å². The summed E-state index contributed by atoms with van der Waals surface area (Å²) in [5.74, 6) is 0. The van der Waals surface area contributed by atoms with Crippen LogP contribution < -0.4 is 5.32 Å². The molecule has 0 radical (unpaired) electrons. The highest BCUT2D eigenvalue weighted by molar-refractivity contribution is 14.1. The molecule has 0 atom stereocenters. The zero-order chi connectivity index (χ0) is 24.3. The first kappa shape index (κ1) is 29.2. The average Bonchev–Trinajstić information content (AvgIpc) is 2.82. The van der Waals surface area contributed by atoms with E-state index in [9.17, 15) is 16.8 Å². The van der Waals surface area contributed by atoms with Gasteiger partial charge in [0.05, 0.1) is 36.2 Å². The van der Waals surface area contributed by atoms with Crippen LogP contribution in [0.4, 0.5) is 0 Å². The minimum absolute atomic E-state index is 0.139. The molecular weight excluding hydrogens is 718 g/mol. The van der Waals surface area contributed by atoms with Gasteiger partial charge < -0.3 is 14.8 Å². The molecule has 0 amide bonds. The van der Waals surface area contributed by atoms with Crippen LogP contribution in [-0.2, 0) is 28.5 Å². The molecule has 0 spiro atoms. The van der Waals surface area contributed by atoms with Crippen LogP contribution in [0, 0.1) is 7.14 Å². The van der Waals surface area contributed by atoms with Gasteiger partial charge in [0.25, 0.3) is 9.05 Å². The van der Waals surface area contributed by atoms with Crippen molar-refractivity contribution in [3.05, 3.63) is 55.7 Å². The van der Waals surface area contributed by atoms with Crippen LogP contribution in [0.1, 0.15) is 0 Å². The number of nitrogens with one attached hydrogen (secondary N) is 1. The number of halogens is 3. The van der Waals surface area contributed by atoms with Crippen molar-refractivity contribution < 1.29 is 26.3 Å². The topological polar surface area (TPSA) is 102 Å². The van der Waals surface area contributed by atoms with Crippen LogP contribution in [0.3, 0.4) is 0 Å². The van der Waals surface area contributed by atoms with Crippen molar-refractivity contribution in [1.29, 1.82) is 0 Å². The SMILES string of the molecule is C1COCCN1.O=S(=O)(Cl)c1ccc(I)cc1.O=S(=O)(c1ccc(I)cc1)N1CCOCC1. The van der Waals surface area contributed by atoms with E-state index in [1.165, 1.54) is 16.4 Å². The van der Waals surface area contributed by atoms with E-state index in [2.05, 4.69) is 50.5 Å². The molecule has 2 aliphatic heterocycles. The minimum Gasteiger partial charge on any atom is -0.379 e. The second kappa shape index (κ2) is 14.5. The first-order chi connectivity index (χ1) is 15.6. The Morgan fingerprint density at radius 3 is 1.52 bits per heavy atom. The molecule has 0 saturated carbocycles. The van der Waals surface area contributed by atoms with Crippen molar-refractivity contribution in [3.8, 4) is 0 Å².